The molecular weight excluding hydrogens is 344 g/mol. The van der Waals surface area contributed by atoms with Crippen LogP contribution in [0.1, 0.15) is 12.0 Å². The smallest absolute Gasteiger partial charge is 0.129 e. The van der Waals surface area contributed by atoms with Crippen molar-refractivity contribution < 1.29 is 4.74 Å². The lowest BCUT2D eigenvalue weighted by molar-refractivity contribution is 0.318. The van der Waals surface area contributed by atoms with Crippen LogP contribution < -0.4 is 10.1 Å². The summed E-state index contributed by atoms with van der Waals surface area (Å²) in [6, 6.07) is 8.47. The van der Waals surface area contributed by atoms with Gasteiger partial charge >= 0.3 is 0 Å². The number of hydrogen-bond donors (Lipinski definition) is 1. The zero-order valence-electron chi connectivity index (χ0n) is 12.5. The van der Waals surface area contributed by atoms with Gasteiger partial charge in [-0.2, -0.15) is 0 Å². The van der Waals surface area contributed by atoms with Crippen LogP contribution in [0.2, 0.25) is 0 Å². The van der Waals surface area contributed by atoms with Gasteiger partial charge in [0.05, 0.1) is 7.11 Å². The molecule has 6 heteroatoms. The molecule has 1 aromatic heterocycles. The molecule has 116 valence electrons. The van der Waals surface area contributed by atoms with E-state index in [2.05, 4.69) is 42.2 Å². The minimum atomic E-state index is 0.424. The number of likely N-dealkylation sites (tertiary alicyclic amines) is 1. The first kappa shape index (κ1) is 15.2. The number of ether oxygens (including phenoxy) is 1. The van der Waals surface area contributed by atoms with Crippen LogP contribution in [0, 0.1) is 0 Å². The minimum Gasteiger partial charge on any atom is -0.496 e. The van der Waals surface area contributed by atoms with Crippen molar-refractivity contribution in [1.82, 2.24) is 14.9 Å². The number of anilines is 1. The van der Waals surface area contributed by atoms with E-state index in [-0.39, 0.29) is 0 Å². The first-order valence-electron chi connectivity index (χ1n) is 7.32. The molecule has 1 aliphatic heterocycles. The maximum atomic E-state index is 5.45. The fourth-order valence-corrected chi connectivity index (χ4v) is 3.20. The third-order valence-corrected chi connectivity index (χ3v) is 4.34. The van der Waals surface area contributed by atoms with Gasteiger partial charge in [0, 0.05) is 41.9 Å². The fourth-order valence-electron chi connectivity index (χ4n) is 2.79. The molecule has 0 amide bonds. The number of rotatable bonds is 5. The second-order valence-electron chi connectivity index (χ2n) is 5.42. The molecule has 22 heavy (non-hydrogen) atoms. The Bertz CT molecular complexity index is 623. The first-order valence-corrected chi connectivity index (χ1v) is 8.11. The number of methoxy groups -OCH3 is 1. The molecule has 1 unspecified atom stereocenters. The molecule has 3 rings (SSSR count). The highest BCUT2D eigenvalue weighted by molar-refractivity contribution is 9.10. The summed E-state index contributed by atoms with van der Waals surface area (Å²) in [5, 5.41) is 3.46. The largest absolute Gasteiger partial charge is 0.496 e. The second-order valence-corrected chi connectivity index (χ2v) is 6.33. The first-order chi connectivity index (χ1) is 10.7. The fraction of sp³-hybridized carbons (Fsp3) is 0.375. The molecule has 1 aliphatic rings. The molecule has 0 spiro atoms. The third-order valence-electron chi connectivity index (χ3n) is 3.84. The number of halogens is 1. The van der Waals surface area contributed by atoms with E-state index < -0.39 is 0 Å². The van der Waals surface area contributed by atoms with Gasteiger partial charge in [-0.25, -0.2) is 9.97 Å². The van der Waals surface area contributed by atoms with Crippen LogP contribution in [0.5, 0.6) is 5.75 Å². The van der Waals surface area contributed by atoms with Crippen molar-refractivity contribution in [1.29, 1.82) is 0 Å². The van der Waals surface area contributed by atoms with Crippen LogP contribution in [0.25, 0.3) is 0 Å². The van der Waals surface area contributed by atoms with Crippen LogP contribution >= 0.6 is 15.9 Å². The van der Waals surface area contributed by atoms with Gasteiger partial charge in [-0.15, -0.1) is 0 Å². The topological polar surface area (TPSA) is 50.3 Å². The monoisotopic (exact) mass is 362 g/mol. The number of nitrogens with one attached hydrogen (secondary N) is 1. The number of nitrogens with zero attached hydrogens (tertiary/aromatic N) is 3. The van der Waals surface area contributed by atoms with Crippen molar-refractivity contribution in [3.8, 4) is 5.75 Å². The highest BCUT2D eigenvalue weighted by Crippen LogP contribution is 2.26. The van der Waals surface area contributed by atoms with E-state index in [4.69, 9.17) is 4.74 Å². The van der Waals surface area contributed by atoms with Crippen LogP contribution in [0.15, 0.2) is 41.3 Å². The van der Waals surface area contributed by atoms with Crippen molar-refractivity contribution in [2.45, 2.75) is 19.0 Å². The highest BCUT2D eigenvalue weighted by Gasteiger charge is 2.23. The van der Waals surface area contributed by atoms with E-state index in [1.54, 1.807) is 19.6 Å². The van der Waals surface area contributed by atoms with Crippen LogP contribution in [0.3, 0.4) is 0 Å². The van der Waals surface area contributed by atoms with Gasteiger partial charge in [0.15, 0.2) is 0 Å². The zero-order chi connectivity index (χ0) is 15.4. The van der Waals surface area contributed by atoms with E-state index in [9.17, 15) is 0 Å². The summed E-state index contributed by atoms with van der Waals surface area (Å²) < 4.78 is 6.53. The average Bonchev–Trinajstić information content (AvgIpc) is 2.96. The van der Waals surface area contributed by atoms with Crippen molar-refractivity contribution in [2.24, 2.45) is 0 Å². The van der Waals surface area contributed by atoms with Gasteiger partial charge in [0.1, 0.15) is 17.9 Å². The Kier molecular flexibility index (Phi) is 4.90. The Morgan fingerprint density at radius 1 is 1.41 bits per heavy atom. The molecule has 2 aromatic rings. The summed E-state index contributed by atoms with van der Waals surface area (Å²) in [6.45, 7) is 2.96. The van der Waals surface area contributed by atoms with Crippen LogP contribution in [0.4, 0.5) is 5.82 Å². The van der Waals surface area contributed by atoms with Crippen molar-refractivity contribution in [3.05, 3.63) is 46.8 Å². The van der Waals surface area contributed by atoms with E-state index in [1.165, 1.54) is 5.56 Å². The molecule has 5 nitrogen and oxygen atoms in total. The normalized spacial score (nSPS) is 18.4. The Hall–Kier alpha value is -1.66. The van der Waals surface area contributed by atoms with E-state index in [0.717, 1.165) is 42.1 Å². The Labute approximate surface area is 138 Å². The molecule has 1 N–H and O–H groups in total. The standard InChI is InChI=1S/C16H19BrN4O/c1-22-15-3-2-13(17)8-12(15)9-21-7-5-14(10-21)20-16-4-6-18-11-19-16/h2-4,6,8,11,14H,5,7,9-10H2,1H3,(H,18,19,20). The van der Waals surface area contributed by atoms with Gasteiger partial charge in [-0.1, -0.05) is 15.9 Å². The van der Waals surface area contributed by atoms with Crippen molar-refractivity contribution in [3.63, 3.8) is 0 Å². The minimum absolute atomic E-state index is 0.424. The van der Waals surface area contributed by atoms with Crippen molar-refractivity contribution in [2.75, 3.05) is 25.5 Å². The van der Waals surface area contributed by atoms with Crippen LogP contribution in [-0.2, 0) is 6.54 Å². The number of hydrogen-bond acceptors (Lipinski definition) is 5. The zero-order valence-corrected chi connectivity index (χ0v) is 14.1. The molecule has 1 aromatic carbocycles. The number of aromatic nitrogens is 2. The maximum absolute atomic E-state index is 5.45. The van der Waals surface area contributed by atoms with Gasteiger partial charge in [0.25, 0.3) is 0 Å². The molecule has 1 saturated heterocycles. The van der Waals surface area contributed by atoms with Gasteiger partial charge in [-0.3, -0.25) is 4.90 Å². The van der Waals surface area contributed by atoms with Gasteiger partial charge in [-0.05, 0) is 30.7 Å². The van der Waals surface area contributed by atoms with Crippen molar-refractivity contribution >= 4 is 21.7 Å². The summed E-state index contributed by atoms with van der Waals surface area (Å²) >= 11 is 3.53. The molecule has 0 saturated carbocycles. The summed E-state index contributed by atoms with van der Waals surface area (Å²) in [5.74, 6) is 1.83. The lowest BCUT2D eigenvalue weighted by Crippen LogP contribution is -2.26. The van der Waals surface area contributed by atoms with E-state index in [1.807, 2.05) is 18.2 Å². The summed E-state index contributed by atoms with van der Waals surface area (Å²) in [7, 11) is 1.72. The lowest BCUT2D eigenvalue weighted by atomic mass is 10.2. The predicted molar refractivity (Wildman–Crippen MR) is 90.0 cm³/mol. The van der Waals surface area contributed by atoms with Crippen LogP contribution in [-0.4, -0.2) is 41.1 Å². The van der Waals surface area contributed by atoms with Gasteiger partial charge < -0.3 is 10.1 Å². The third kappa shape index (κ3) is 3.75. The Morgan fingerprint density at radius 2 is 2.32 bits per heavy atom. The Balaban J connectivity index is 1.60. The maximum Gasteiger partial charge on any atom is 0.129 e. The predicted octanol–water partition coefficient (Wildman–Crippen LogP) is 2.93. The summed E-state index contributed by atoms with van der Waals surface area (Å²) in [6.07, 6.45) is 4.44. The Morgan fingerprint density at radius 3 is 3.09 bits per heavy atom. The number of benzene rings is 1. The second kappa shape index (κ2) is 7.07. The lowest BCUT2D eigenvalue weighted by Gasteiger charge is -2.18. The molecule has 0 aliphatic carbocycles. The van der Waals surface area contributed by atoms with E-state index in [0.29, 0.717) is 6.04 Å². The quantitative estimate of drug-likeness (QED) is 0.885. The summed E-state index contributed by atoms with van der Waals surface area (Å²) in [5.41, 5.74) is 1.21. The van der Waals surface area contributed by atoms with Gasteiger partial charge in [0.2, 0.25) is 0 Å². The molecule has 0 bridgehead atoms. The van der Waals surface area contributed by atoms with E-state index >= 15 is 0 Å². The molecule has 0 radical (unpaired) electrons. The average molecular weight is 363 g/mol. The molecule has 1 atom stereocenters. The SMILES string of the molecule is COc1ccc(Br)cc1CN1CCC(Nc2ccncn2)C1. The molecule has 2 heterocycles. The molecule has 1 fully saturated rings. The summed E-state index contributed by atoms with van der Waals surface area (Å²) in [4.78, 5) is 10.6. The highest BCUT2D eigenvalue weighted by atomic mass is 79.9. The molecular formula is C16H19BrN4O.